The first-order chi connectivity index (χ1) is 7.33. The first kappa shape index (κ1) is 12.2. The predicted molar refractivity (Wildman–Crippen MR) is 64.9 cm³/mol. The molecule has 0 aromatic carbocycles. The lowest BCUT2D eigenvalue weighted by molar-refractivity contribution is 0.498. The highest BCUT2D eigenvalue weighted by Gasteiger charge is 2.02. The maximum atomic E-state index is 4.13. The molecule has 15 heavy (non-hydrogen) atoms. The van der Waals surface area contributed by atoms with Crippen LogP contribution in [0.25, 0.3) is 0 Å². The fraction of sp³-hybridized carbons (Fsp3) is 0.615. The van der Waals surface area contributed by atoms with Crippen molar-refractivity contribution < 1.29 is 0 Å². The molecule has 1 aromatic rings. The van der Waals surface area contributed by atoms with E-state index in [1.807, 2.05) is 18.5 Å². The zero-order valence-electron chi connectivity index (χ0n) is 9.87. The van der Waals surface area contributed by atoms with Crippen LogP contribution in [0.2, 0.25) is 0 Å². The van der Waals surface area contributed by atoms with Crippen LogP contribution in [0.4, 0.5) is 0 Å². The van der Waals surface area contributed by atoms with E-state index in [1.54, 1.807) is 0 Å². The Hall–Kier alpha value is -0.890. The van der Waals surface area contributed by atoms with Gasteiger partial charge in [0.25, 0.3) is 0 Å². The molecule has 0 amide bonds. The van der Waals surface area contributed by atoms with Crippen molar-refractivity contribution in [3.8, 4) is 0 Å². The Labute approximate surface area is 93.1 Å². The monoisotopic (exact) mass is 206 g/mol. The molecule has 2 nitrogen and oxygen atoms in total. The molecule has 0 saturated carbocycles. The molecule has 0 bridgehead atoms. The Morgan fingerprint density at radius 3 is 2.93 bits per heavy atom. The Morgan fingerprint density at radius 2 is 2.27 bits per heavy atom. The lowest BCUT2D eigenvalue weighted by Gasteiger charge is -2.11. The molecule has 1 atom stereocenters. The number of pyridine rings is 1. The molecule has 0 aliphatic rings. The van der Waals surface area contributed by atoms with Crippen molar-refractivity contribution in [3.63, 3.8) is 0 Å². The van der Waals surface area contributed by atoms with Crippen molar-refractivity contribution in [2.45, 2.75) is 33.1 Å². The van der Waals surface area contributed by atoms with Crippen molar-refractivity contribution in [2.75, 3.05) is 13.1 Å². The van der Waals surface area contributed by atoms with Crippen molar-refractivity contribution >= 4 is 0 Å². The fourth-order valence-electron chi connectivity index (χ4n) is 1.67. The number of nitrogens with zero attached hydrogens (tertiary/aromatic N) is 1. The maximum absolute atomic E-state index is 4.13. The minimum Gasteiger partial charge on any atom is -0.317 e. The van der Waals surface area contributed by atoms with Gasteiger partial charge in [0.05, 0.1) is 0 Å². The number of nitrogens with one attached hydrogen (secondary N) is 1. The van der Waals surface area contributed by atoms with E-state index in [0.717, 1.165) is 25.4 Å². The van der Waals surface area contributed by atoms with E-state index in [4.69, 9.17) is 0 Å². The first-order valence-electron chi connectivity index (χ1n) is 5.92. The average molecular weight is 206 g/mol. The van der Waals surface area contributed by atoms with Gasteiger partial charge in [0.1, 0.15) is 0 Å². The molecule has 0 radical (unpaired) electrons. The van der Waals surface area contributed by atoms with Crippen LogP contribution in [0.15, 0.2) is 24.5 Å². The molecule has 84 valence electrons. The molecule has 0 saturated heterocycles. The molecule has 1 aromatic heterocycles. The van der Waals surface area contributed by atoms with Gasteiger partial charge in [0, 0.05) is 12.4 Å². The van der Waals surface area contributed by atoms with Gasteiger partial charge in [0.15, 0.2) is 0 Å². The Balaban J connectivity index is 2.16. The van der Waals surface area contributed by atoms with Crippen molar-refractivity contribution in [1.29, 1.82) is 0 Å². The molecule has 0 aliphatic heterocycles. The van der Waals surface area contributed by atoms with Gasteiger partial charge >= 0.3 is 0 Å². The van der Waals surface area contributed by atoms with Crippen LogP contribution in [-0.2, 0) is 6.42 Å². The average Bonchev–Trinajstić information content (AvgIpc) is 2.26. The third-order valence-corrected chi connectivity index (χ3v) is 2.55. The third kappa shape index (κ3) is 5.53. The summed E-state index contributed by atoms with van der Waals surface area (Å²) in [5.74, 6) is 0.735. The maximum Gasteiger partial charge on any atom is 0.0299 e. The molecular formula is C13H22N2. The summed E-state index contributed by atoms with van der Waals surface area (Å²) in [6.07, 6.45) is 7.40. The van der Waals surface area contributed by atoms with Crippen LogP contribution in [0.1, 0.15) is 32.3 Å². The standard InChI is InChI=1S/C13H22N2/c1-3-7-14-9-6-12(2)10-13-5-4-8-15-11-13/h4-5,8,11-12,14H,3,6-7,9-10H2,1-2H3. The molecule has 1 heterocycles. The lowest BCUT2D eigenvalue weighted by Crippen LogP contribution is -2.18. The van der Waals surface area contributed by atoms with Crippen LogP contribution in [-0.4, -0.2) is 18.1 Å². The highest BCUT2D eigenvalue weighted by Crippen LogP contribution is 2.09. The van der Waals surface area contributed by atoms with Gasteiger partial charge in [-0.2, -0.15) is 0 Å². The van der Waals surface area contributed by atoms with E-state index in [-0.39, 0.29) is 0 Å². The zero-order valence-corrected chi connectivity index (χ0v) is 9.87. The third-order valence-electron chi connectivity index (χ3n) is 2.55. The SMILES string of the molecule is CCCNCCC(C)Cc1cccnc1. The van der Waals surface area contributed by atoms with Crippen LogP contribution in [0, 0.1) is 5.92 Å². The van der Waals surface area contributed by atoms with E-state index in [1.165, 1.54) is 18.4 Å². The quantitative estimate of drug-likeness (QED) is 0.694. The highest BCUT2D eigenvalue weighted by molar-refractivity contribution is 5.08. The van der Waals surface area contributed by atoms with Gasteiger partial charge in [-0.05, 0) is 49.9 Å². The smallest absolute Gasteiger partial charge is 0.0299 e. The Morgan fingerprint density at radius 1 is 1.40 bits per heavy atom. The Bertz CT molecular complexity index is 246. The van der Waals surface area contributed by atoms with Crippen molar-refractivity contribution in [3.05, 3.63) is 30.1 Å². The van der Waals surface area contributed by atoms with Gasteiger partial charge in [-0.3, -0.25) is 4.98 Å². The van der Waals surface area contributed by atoms with E-state index < -0.39 is 0 Å². The molecule has 1 N–H and O–H groups in total. The summed E-state index contributed by atoms with van der Waals surface area (Å²) in [7, 11) is 0. The normalized spacial score (nSPS) is 12.7. The molecule has 1 rings (SSSR count). The summed E-state index contributed by atoms with van der Waals surface area (Å²) in [5, 5.41) is 3.44. The number of aromatic nitrogens is 1. The topological polar surface area (TPSA) is 24.9 Å². The summed E-state index contributed by atoms with van der Waals surface area (Å²) >= 11 is 0. The fourth-order valence-corrected chi connectivity index (χ4v) is 1.67. The summed E-state index contributed by atoms with van der Waals surface area (Å²) in [6.45, 7) is 6.78. The molecule has 0 aliphatic carbocycles. The first-order valence-corrected chi connectivity index (χ1v) is 5.92. The highest BCUT2D eigenvalue weighted by atomic mass is 14.8. The number of hydrogen-bond acceptors (Lipinski definition) is 2. The van der Waals surface area contributed by atoms with Crippen molar-refractivity contribution in [1.82, 2.24) is 10.3 Å². The minimum atomic E-state index is 0.735. The second-order valence-electron chi connectivity index (χ2n) is 4.21. The van der Waals surface area contributed by atoms with Crippen LogP contribution in [0.5, 0.6) is 0 Å². The van der Waals surface area contributed by atoms with E-state index in [2.05, 4.69) is 30.2 Å². The predicted octanol–water partition coefficient (Wildman–Crippen LogP) is 2.65. The lowest BCUT2D eigenvalue weighted by atomic mass is 9.99. The van der Waals surface area contributed by atoms with Gasteiger partial charge in [0.2, 0.25) is 0 Å². The molecule has 1 unspecified atom stereocenters. The van der Waals surface area contributed by atoms with E-state index in [9.17, 15) is 0 Å². The Kier molecular flexibility index (Phi) is 6.02. The van der Waals surface area contributed by atoms with Crippen molar-refractivity contribution in [2.24, 2.45) is 5.92 Å². The zero-order chi connectivity index (χ0) is 10.9. The van der Waals surface area contributed by atoms with Crippen LogP contribution in [0.3, 0.4) is 0 Å². The van der Waals surface area contributed by atoms with Gasteiger partial charge in [-0.15, -0.1) is 0 Å². The molecule has 0 fully saturated rings. The molecule has 2 heteroatoms. The minimum absolute atomic E-state index is 0.735. The summed E-state index contributed by atoms with van der Waals surface area (Å²) < 4.78 is 0. The number of hydrogen-bond donors (Lipinski definition) is 1. The van der Waals surface area contributed by atoms with E-state index in [0.29, 0.717) is 0 Å². The summed E-state index contributed by atoms with van der Waals surface area (Å²) in [5.41, 5.74) is 1.35. The number of rotatable bonds is 7. The largest absolute Gasteiger partial charge is 0.317 e. The van der Waals surface area contributed by atoms with Gasteiger partial charge in [-0.25, -0.2) is 0 Å². The second-order valence-corrected chi connectivity index (χ2v) is 4.21. The molecular weight excluding hydrogens is 184 g/mol. The van der Waals surface area contributed by atoms with Gasteiger partial charge in [-0.1, -0.05) is 19.9 Å². The second kappa shape index (κ2) is 7.41. The van der Waals surface area contributed by atoms with E-state index >= 15 is 0 Å². The van der Waals surface area contributed by atoms with Crippen LogP contribution < -0.4 is 5.32 Å². The summed E-state index contributed by atoms with van der Waals surface area (Å²) in [6, 6.07) is 4.17. The van der Waals surface area contributed by atoms with Crippen LogP contribution >= 0.6 is 0 Å². The van der Waals surface area contributed by atoms with Gasteiger partial charge < -0.3 is 5.32 Å². The molecule has 0 spiro atoms. The summed E-state index contributed by atoms with van der Waals surface area (Å²) in [4.78, 5) is 4.13.